The zero-order valence-electron chi connectivity index (χ0n) is 10.4. The SMILES string of the molecule is COc1cccc(CN2CCOCC2CO)c1F. The van der Waals surface area contributed by atoms with Crippen molar-refractivity contribution in [3.05, 3.63) is 29.6 Å². The average Bonchev–Trinajstić information content (AvgIpc) is 2.42. The fourth-order valence-electron chi connectivity index (χ4n) is 2.12. The minimum Gasteiger partial charge on any atom is -0.494 e. The number of ether oxygens (including phenoxy) is 2. The van der Waals surface area contributed by atoms with Crippen molar-refractivity contribution < 1.29 is 19.0 Å². The van der Waals surface area contributed by atoms with Gasteiger partial charge >= 0.3 is 0 Å². The second-order valence-electron chi connectivity index (χ2n) is 4.32. The monoisotopic (exact) mass is 255 g/mol. The van der Waals surface area contributed by atoms with Gasteiger partial charge in [-0.15, -0.1) is 0 Å². The summed E-state index contributed by atoms with van der Waals surface area (Å²) in [7, 11) is 1.45. The number of nitrogens with zero attached hydrogens (tertiary/aromatic N) is 1. The van der Waals surface area contributed by atoms with Crippen LogP contribution in [0.15, 0.2) is 18.2 Å². The number of rotatable bonds is 4. The Labute approximate surface area is 106 Å². The molecule has 0 aromatic heterocycles. The van der Waals surface area contributed by atoms with Crippen molar-refractivity contribution in [1.29, 1.82) is 0 Å². The Morgan fingerprint density at radius 3 is 3.11 bits per heavy atom. The van der Waals surface area contributed by atoms with E-state index in [0.29, 0.717) is 31.9 Å². The molecule has 1 N–H and O–H groups in total. The van der Waals surface area contributed by atoms with Gasteiger partial charge < -0.3 is 14.6 Å². The molecule has 1 fully saturated rings. The highest BCUT2D eigenvalue weighted by atomic mass is 19.1. The van der Waals surface area contributed by atoms with E-state index in [-0.39, 0.29) is 24.2 Å². The molecule has 1 unspecified atom stereocenters. The van der Waals surface area contributed by atoms with Crippen LogP contribution in [0, 0.1) is 5.82 Å². The largest absolute Gasteiger partial charge is 0.494 e. The molecule has 1 aromatic rings. The van der Waals surface area contributed by atoms with Gasteiger partial charge in [-0.25, -0.2) is 4.39 Å². The number of aliphatic hydroxyl groups excluding tert-OH is 1. The van der Waals surface area contributed by atoms with E-state index in [0.717, 1.165) is 0 Å². The van der Waals surface area contributed by atoms with Gasteiger partial charge in [-0.1, -0.05) is 12.1 Å². The maximum Gasteiger partial charge on any atom is 0.169 e. The third kappa shape index (κ3) is 2.80. The van der Waals surface area contributed by atoms with E-state index in [4.69, 9.17) is 9.47 Å². The fourth-order valence-corrected chi connectivity index (χ4v) is 2.12. The van der Waals surface area contributed by atoms with E-state index < -0.39 is 0 Å². The average molecular weight is 255 g/mol. The second kappa shape index (κ2) is 6.13. The highest BCUT2D eigenvalue weighted by Gasteiger charge is 2.23. The lowest BCUT2D eigenvalue weighted by atomic mass is 10.1. The van der Waals surface area contributed by atoms with Crippen LogP contribution in [0.3, 0.4) is 0 Å². The van der Waals surface area contributed by atoms with Gasteiger partial charge in [0, 0.05) is 18.7 Å². The van der Waals surface area contributed by atoms with Crippen LogP contribution in [0.4, 0.5) is 4.39 Å². The van der Waals surface area contributed by atoms with E-state index in [1.165, 1.54) is 7.11 Å². The van der Waals surface area contributed by atoms with Gasteiger partial charge in [-0.3, -0.25) is 4.90 Å². The normalized spacial score (nSPS) is 20.9. The summed E-state index contributed by atoms with van der Waals surface area (Å²) < 4.78 is 24.3. The minimum absolute atomic E-state index is 0.0194. The summed E-state index contributed by atoms with van der Waals surface area (Å²) in [6.45, 7) is 2.27. The molecule has 1 atom stereocenters. The number of hydrogen-bond acceptors (Lipinski definition) is 4. The maximum absolute atomic E-state index is 14.0. The molecule has 0 saturated carbocycles. The molecule has 4 nitrogen and oxygen atoms in total. The lowest BCUT2D eigenvalue weighted by molar-refractivity contribution is -0.0316. The first-order valence-electron chi connectivity index (χ1n) is 6.00. The summed E-state index contributed by atoms with van der Waals surface area (Å²) in [4.78, 5) is 2.03. The van der Waals surface area contributed by atoms with Crippen molar-refractivity contribution in [2.24, 2.45) is 0 Å². The fraction of sp³-hybridized carbons (Fsp3) is 0.538. The van der Waals surface area contributed by atoms with Gasteiger partial charge in [0.05, 0.1) is 33.0 Å². The third-order valence-electron chi connectivity index (χ3n) is 3.20. The van der Waals surface area contributed by atoms with E-state index >= 15 is 0 Å². The summed E-state index contributed by atoms with van der Waals surface area (Å²) in [6, 6.07) is 5.04. The highest BCUT2D eigenvalue weighted by Crippen LogP contribution is 2.22. The summed E-state index contributed by atoms with van der Waals surface area (Å²) in [5, 5.41) is 9.27. The number of aliphatic hydroxyl groups is 1. The molecule has 18 heavy (non-hydrogen) atoms. The second-order valence-corrected chi connectivity index (χ2v) is 4.32. The molecular formula is C13H18FNO3. The molecule has 1 aliphatic rings. The molecule has 1 aliphatic heterocycles. The predicted octanol–water partition coefficient (Wildman–Crippen LogP) is 1.03. The first kappa shape index (κ1) is 13.3. The maximum atomic E-state index is 14.0. The van der Waals surface area contributed by atoms with Crippen molar-refractivity contribution in [3.8, 4) is 5.75 Å². The standard InChI is InChI=1S/C13H18FNO3/c1-17-12-4-2-3-10(13(12)14)7-15-5-6-18-9-11(15)8-16/h2-4,11,16H,5-9H2,1H3. The number of morpholine rings is 1. The molecule has 0 bridgehead atoms. The molecule has 1 aromatic carbocycles. The van der Waals surface area contributed by atoms with Gasteiger partial charge in [0.2, 0.25) is 0 Å². The van der Waals surface area contributed by atoms with Gasteiger partial charge in [0.1, 0.15) is 0 Å². The molecule has 100 valence electrons. The molecule has 0 radical (unpaired) electrons. The number of benzene rings is 1. The number of halogens is 1. The zero-order chi connectivity index (χ0) is 13.0. The molecule has 1 heterocycles. The first-order chi connectivity index (χ1) is 8.76. The van der Waals surface area contributed by atoms with Gasteiger partial charge in [-0.05, 0) is 6.07 Å². The third-order valence-corrected chi connectivity index (χ3v) is 3.20. The zero-order valence-corrected chi connectivity index (χ0v) is 10.4. The van der Waals surface area contributed by atoms with Crippen LogP contribution in [0.1, 0.15) is 5.56 Å². The Kier molecular flexibility index (Phi) is 4.52. The lowest BCUT2D eigenvalue weighted by Crippen LogP contribution is -2.46. The summed E-state index contributed by atoms with van der Waals surface area (Å²) in [6.07, 6.45) is 0. The van der Waals surface area contributed by atoms with E-state index in [1.807, 2.05) is 4.90 Å². The Bertz CT molecular complexity index is 400. The first-order valence-corrected chi connectivity index (χ1v) is 6.00. The van der Waals surface area contributed by atoms with Crippen molar-refractivity contribution in [1.82, 2.24) is 4.90 Å². The van der Waals surface area contributed by atoms with E-state index in [9.17, 15) is 9.50 Å². The lowest BCUT2D eigenvalue weighted by Gasteiger charge is -2.34. The van der Waals surface area contributed by atoms with Gasteiger partial charge in [-0.2, -0.15) is 0 Å². The van der Waals surface area contributed by atoms with E-state index in [1.54, 1.807) is 18.2 Å². The smallest absolute Gasteiger partial charge is 0.169 e. The minimum atomic E-state index is -0.330. The van der Waals surface area contributed by atoms with Crippen LogP contribution in [-0.4, -0.2) is 49.5 Å². The van der Waals surface area contributed by atoms with Gasteiger partial charge in [0.15, 0.2) is 11.6 Å². The van der Waals surface area contributed by atoms with Crippen LogP contribution in [0.25, 0.3) is 0 Å². The van der Waals surface area contributed by atoms with Crippen molar-refractivity contribution in [3.63, 3.8) is 0 Å². The Morgan fingerprint density at radius 2 is 2.39 bits per heavy atom. The Morgan fingerprint density at radius 1 is 1.56 bits per heavy atom. The Hall–Kier alpha value is -1.17. The molecule has 0 spiro atoms. The van der Waals surface area contributed by atoms with Crippen LogP contribution in [0.5, 0.6) is 5.75 Å². The van der Waals surface area contributed by atoms with Crippen LogP contribution >= 0.6 is 0 Å². The summed E-state index contributed by atoms with van der Waals surface area (Å²) in [5.74, 6) is -0.0792. The van der Waals surface area contributed by atoms with Crippen molar-refractivity contribution >= 4 is 0 Å². The Balaban J connectivity index is 2.12. The van der Waals surface area contributed by atoms with E-state index in [2.05, 4.69) is 0 Å². The molecule has 0 aliphatic carbocycles. The number of methoxy groups -OCH3 is 1. The quantitative estimate of drug-likeness (QED) is 0.872. The van der Waals surface area contributed by atoms with Gasteiger partial charge in [0.25, 0.3) is 0 Å². The molecule has 0 amide bonds. The summed E-state index contributed by atoms with van der Waals surface area (Å²) in [5.41, 5.74) is 0.578. The molecule has 1 saturated heterocycles. The van der Waals surface area contributed by atoms with Crippen molar-refractivity contribution in [2.75, 3.05) is 33.5 Å². The topological polar surface area (TPSA) is 41.9 Å². The highest BCUT2D eigenvalue weighted by molar-refractivity contribution is 5.31. The number of hydrogen-bond donors (Lipinski definition) is 1. The molecule has 5 heteroatoms. The van der Waals surface area contributed by atoms with Crippen molar-refractivity contribution in [2.45, 2.75) is 12.6 Å². The molecular weight excluding hydrogens is 237 g/mol. The van der Waals surface area contributed by atoms with Crippen LogP contribution < -0.4 is 4.74 Å². The summed E-state index contributed by atoms with van der Waals surface area (Å²) >= 11 is 0. The predicted molar refractivity (Wildman–Crippen MR) is 65.1 cm³/mol. The van der Waals surface area contributed by atoms with Crippen LogP contribution in [0.2, 0.25) is 0 Å². The van der Waals surface area contributed by atoms with Crippen LogP contribution in [-0.2, 0) is 11.3 Å². The molecule has 2 rings (SSSR count).